The number of aromatic nitrogens is 1. The Kier molecular flexibility index (Phi) is 2.67. The Morgan fingerprint density at radius 2 is 2.36 bits per heavy atom. The molecule has 1 N–H and O–H groups in total. The van der Waals surface area contributed by atoms with E-state index in [1.54, 1.807) is 18.3 Å². The van der Waals surface area contributed by atoms with E-state index in [0.29, 0.717) is 11.9 Å². The van der Waals surface area contributed by atoms with Gasteiger partial charge in [0.15, 0.2) is 0 Å². The second-order valence-corrected chi connectivity index (χ2v) is 4.04. The van der Waals surface area contributed by atoms with Crippen molar-refractivity contribution >= 4 is 22.0 Å². The SMILES string of the molecule is O=C(NC1CC1)Oc1ccc(Br)cn1. The molecule has 2 rings (SSSR count). The van der Waals surface area contributed by atoms with Crippen LogP contribution in [0.5, 0.6) is 5.88 Å². The highest BCUT2D eigenvalue weighted by molar-refractivity contribution is 9.10. The topological polar surface area (TPSA) is 51.2 Å². The number of carbonyl (C=O) groups excluding carboxylic acids is 1. The minimum Gasteiger partial charge on any atom is -0.391 e. The molecular formula is C9H9BrN2O2. The fourth-order valence-electron chi connectivity index (χ4n) is 0.941. The van der Waals surface area contributed by atoms with Crippen LogP contribution >= 0.6 is 15.9 Å². The minimum absolute atomic E-state index is 0.304. The Balaban J connectivity index is 1.89. The summed E-state index contributed by atoms with van der Waals surface area (Å²) in [4.78, 5) is 15.1. The third kappa shape index (κ3) is 2.70. The average molecular weight is 257 g/mol. The standard InChI is InChI=1S/C9H9BrN2O2/c10-6-1-4-8(11-5-6)14-9(13)12-7-2-3-7/h1,4-5,7H,2-3H2,(H,12,13). The number of nitrogens with zero attached hydrogens (tertiary/aromatic N) is 1. The van der Waals surface area contributed by atoms with Gasteiger partial charge in [-0.05, 0) is 34.8 Å². The minimum atomic E-state index is -0.428. The quantitative estimate of drug-likeness (QED) is 0.882. The van der Waals surface area contributed by atoms with Gasteiger partial charge in [-0.3, -0.25) is 0 Å². The summed E-state index contributed by atoms with van der Waals surface area (Å²) >= 11 is 3.24. The molecule has 1 amide bonds. The zero-order valence-electron chi connectivity index (χ0n) is 7.37. The van der Waals surface area contributed by atoms with E-state index in [1.165, 1.54) is 0 Å². The summed E-state index contributed by atoms with van der Waals surface area (Å²) in [5.74, 6) is 0.311. The summed E-state index contributed by atoms with van der Waals surface area (Å²) in [6.45, 7) is 0. The number of nitrogens with one attached hydrogen (secondary N) is 1. The molecule has 5 heteroatoms. The zero-order valence-corrected chi connectivity index (χ0v) is 8.95. The molecule has 74 valence electrons. The Hall–Kier alpha value is -1.10. The number of pyridine rings is 1. The molecule has 1 heterocycles. The highest BCUT2D eigenvalue weighted by Crippen LogP contribution is 2.19. The largest absolute Gasteiger partial charge is 0.414 e. The molecule has 0 atom stereocenters. The summed E-state index contributed by atoms with van der Waals surface area (Å²) in [7, 11) is 0. The zero-order chi connectivity index (χ0) is 9.97. The van der Waals surface area contributed by atoms with Crippen molar-refractivity contribution in [2.75, 3.05) is 0 Å². The Morgan fingerprint density at radius 3 is 2.93 bits per heavy atom. The molecule has 1 aliphatic rings. The first kappa shape index (κ1) is 9.45. The molecule has 0 aromatic carbocycles. The normalized spacial score (nSPS) is 14.9. The van der Waals surface area contributed by atoms with E-state index in [1.807, 2.05) is 0 Å². The first-order valence-corrected chi connectivity index (χ1v) is 5.13. The van der Waals surface area contributed by atoms with Gasteiger partial charge in [0.05, 0.1) is 0 Å². The molecule has 0 aliphatic heterocycles. The molecule has 0 saturated heterocycles. The van der Waals surface area contributed by atoms with Crippen molar-refractivity contribution in [1.82, 2.24) is 10.3 Å². The molecule has 1 saturated carbocycles. The maximum absolute atomic E-state index is 11.2. The van der Waals surface area contributed by atoms with Crippen LogP contribution in [-0.4, -0.2) is 17.1 Å². The van der Waals surface area contributed by atoms with Crippen LogP contribution in [0.2, 0.25) is 0 Å². The van der Waals surface area contributed by atoms with Gasteiger partial charge in [0.25, 0.3) is 0 Å². The molecule has 0 bridgehead atoms. The van der Waals surface area contributed by atoms with Crippen LogP contribution in [0.4, 0.5) is 4.79 Å². The third-order valence-electron chi connectivity index (χ3n) is 1.80. The first-order chi connectivity index (χ1) is 6.74. The number of rotatable bonds is 2. The van der Waals surface area contributed by atoms with Gasteiger partial charge in [0.1, 0.15) is 0 Å². The molecule has 1 aromatic rings. The lowest BCUT2D eigenvalue weighted by Crippen LogP contribution is -2.28. The lowest BCUT2D eigenvalue weighted by Gasteiger charge is -2.03. The van der Waals surface area contributed by atoms with Gasteiger partial charge in [-0.15, -0.1) is 0 Å². The number of ether oxygens (including phenoxy) is 1. The smallest absolute Gasteiger partial charge is 0.391 e. The van der Waals surface area contributed by atoms with Crippen molar-refractivity contribution in [2.45, 2.75) is 18.9 Å². The second kappa shape index (κ2) is 3.96. The summed E-state index contributed by atoms with van der Waals surface area (Å²) in [6, 6.07) is 3.71. The maximum atomic E-state index is 11.2. The number of hydrogen-bond donors (Lipinski definition) is 1. The molecule has 1 aliphatic carbocycles. The van der Waals surface area contributed by atoms with Crippen LogP contribution in [0.25, 0.3) is 0 Å². The maximum Gasteiger partial charge on any atom is 0.414 e. The highest BCUT2D eigenvalue weighted by Gasteiger charge is 2.24. The van der Waals surface area contributed by atoms with E-state index in [-0.39, 0.29) is 0 Å². The Labute approximate surface area is 89.8 Å². The molecule has 4 nitrogen and oxygen atoms in total. The predicted molar refractivity (Wildman–Crippen MR) is 54.1 cm³/mol. The lowest BCUT2D eigenvalue weighted by molar-refractivity contribution is 0.198. The van der Waals surface area contributed by atoms with Crippen molar-refractivity contribution < 1.29 is 9.53 Å². The van der Waals surface area contributed by atoms with E-state index in [0.717, 1.165) is 17.3 Å². The van der Waals surface area contributed by atoms with Crippen LogP contribution in [0.3, 0.4) is 0 Å². The van der Waals surface area contributed by atoms with Gasteiger partial charge in [-0.1, -0.05) is 0 Å². The fraction of sp³-hybridized carbons (Fsp3) is 0.333. The first-order valence-electron chi connectivity index (χ1n) is 4.34. The molecule has 0 spiro atoms. The number of halogens is 1. The Bertz CT molecular complexity index is 335. The van der Waals surface area contributed by atoms with Crippen molar-refractivity contribution in [3.63, 3.8) is 0 Å². The number of carbonyl (C=O) groups is 1. The van der Waals surface area contributed by atoms with Crippen LogP contribution < -0.4 is 10.1 Å². The highest BCUT2D eigenvalue weighted by atomic mass is 79.9. The van der Waals surface area contributed by atoms with Gasteiger partial charge in [0, 0.05) is 22.8 Å². The predicted octanol–water partition coefficient (Wildman–Crippen LogP) is 2.09. The number of hydrogen-bond acceptors (Lipinski definition) is 3. The van der Waals surface area contributed by atoms with Crippen molar-refractivity contribution in [2.24, 2.45) is 0 Å². The van der Waals surface area contributed by atoms with Gasteiger partial charge in [-0.2, -0.15) is 0 Å². The molecule has 1 fully saturated rings. The second-order valence-electron chi connectivity index (χ2n) is 3.12. The van der Waals surface area contributed by atoms with Crippen molar-refractivity contribution in [1.29, 1.82) is 0 Å². The van der Waals surface area contributed by atoms with Crippen LogP contribution in [0.1, 0.15) is 12.8 Å². The van der Waals surface area contributed by atoms with Crippen LogP contribution in [-0.2, 0) is 0 Å². The summed E-state index contributed by atoms with van der Waals surface area (Å²) in [6.07, 6.45) is 3.24. The summed E-state index contributed by atoms with van der Waals surface area (Å²) < 4.78 is 5.79. The van der Waals surface area contributed by atoms with Crippen LogP contribution in [0.15, 0.2) is 22.8 Å². The monoisotopic (exact) mass is 256 g/mol. The molecule has 14 heavy (non-hydrogen) atoms. The van der Waals surface area contributed by atoms with Gasteiger partial charge < -0.3 is 10.1 Å². The van der Waals surface area contributed by atoms with Gasteiger partial charge in [-0.25, -0.2) is 9.78 Å². The summed E-state index contributed by atoms with van der Waals surface area (Å²) in [5.41, 5.74) is 0. The third-order valence-corrected chi connectivity index (χ3v) is 2.27. The van der Waals surface area contributed by atoms with E-state index >= 15 is 0 Å². The van der Waals surface area contributed by atoms with Gasteiger partial charge >= 0.3 is 6.09 Å². The molecule has 0 radical (unpaired) electrons. The molecule has 0 unspecified atom stereocenters. The lowest BCUT2D eigenvalue weighted by atomic mass is 10.5. The molecular weight excluding hydrogens is 248 g/mol. The van der Waals surface area contributed by atoms with E-state index < -0.39 is 6.09 Å². The fourth-order valence-corrected chi connectivity index (χ4v) is 1.18. The Morgan fingerprint density at radius 1 is 1.57 bits per heavy atom. The van der Waals surface area contributed by atoms with E-state index in [4.69, 9.17) is 4.74 Å². The summed E-state index contributed by atoms with van der Waals surface area (Å²) in [5, 5.41) is 2.70. The van der Waals surface area contributed by atoms with E-state index in [9.17, 15) is 4.79 Å². The average Bonchev–Trinajstić information content (AvgIpc) is 2.93. The van der Waals surface area contributed by atoms with Crippen molar-refractivity contribution in [3.05, 3.63) is 22.8 Å². The van der Waals surface area contributed by atoms with E-state index in [2.05, 4.69) is 26.2 Å². The number of amides is 1. The molecule has 1 aromatic heterocycles. The van der Waals surface area contributed by atoms with Gasteiger partial charge in [0.2, 0.25) is 5.88 Å². The van der Waals surface area contributed by atoms with Crippen LogP contribution in [0, 0.1) is 0 Å². The van der Waals surface area contributed by atoms with Crippen molar-refractivity contribution in [3.8, 4) is 5.88 Å².